The van der Waals surface area contributed by atoms with E-state index < -0.39 is 0 Å². The maximum absolute atomic E-state index is 5.69. The third-order valence-electron chi connectivity index (χ3n) is 3.59. The number of benzene rings is 1. The SMILES string of the molecule is C=CCCCN(C)C(=NC)NCCCCOCc1ccccc1. The molecule has 4 heteroatoms. The zero-order valence-electron chi connectivity index (χ0n) is 14.6. The molecule has 128 valence electrons. The molecule has 1 aromatic carbocycles. The van der Waals surface area contributed by atoms with Gasteiger partial charge in [0.05, 0.1) is 6.61 Å². The zero-order chi connectivity index (χ0) is 16.8. The molecule has 0 aliphatic rings. The third kappa shape index (κ3) is 9.04. The van der Waals surface area contributed by atoms with Crippen molar-refractivity contribution in [1.29, 1.82) is 0 Å². The molecule has 0 aromatic heterocycles. The van der Waals surface area contributed by atoms with E-state index in [0.717, 1.165) is 51.3 Å². The van der Waals surface area contributed by atoms with Crippen LogP contribution in [0.5, 0.6) is 0 Å². The van der Waals surface area contributed by atoms with E-state index in [4.69, 9.17) is 4.74 Å². The minimum absolute atomic E-state index is 0.696. The second-order valence-corrected chi connectivity index (χ2v) is 5.57. The van der Waals surface area contributed by atoms with Crippen molar-refractivity contribution in [3.8, 4) is 0 Å². The fourth-order valence-electron chi connectivity index (χ4n) is 2.26. The number of nitrogens with zero attached hydrogens (tertiary/aromatic N) is 2. The number of hydrogen-bond acceptors (Lipinski definition) is 2. The van der Waals surface area contributed by atoms with Crippen LogP contribution >= 0.6 is 0 Å². The lowest BCUT2D eigenvalue weighted by molar-refractivity contribution is 0.117. The molecule has 23 heavy (non-hydrogen) atoms. The molecule has 0 heterocycles. The second-order valence-electron chi connectivity index (χ2n) is 5.57. The van der Waals surface area contributed by atoms with Crippen LogP contribution in [0.3, 0.4) is 0 Å². The van der Waals surface area contributed by atoms with Crippen LogP contribution < -0.4 is 5.32 Å². The number of rotatable bonds is 11. The van der Waals surface area contributed by atoms with Crippen LogP contribution in [0.4, 0.5) is 0 Å². The zero-order valence-corrected chi connectivity index (χ0v) is 14.6. The average molecular weight is 317 g/mol. The molecule has 4 nitrogen and oxygen atoms in total. The lowest BCUT2D eigenvalue weighted by atomic mass is 10.2. The van der Waals surface area contributed by atoms with E-state index >= 15 is 0 Å². The normalized spacial score (nSPS) is 11.3. The molecule has 0 fully saturated rings. The van der Waals surface area contributed by atoms with E-state index in [-0.39, 0.29) is 0 Å². The Hall–Kier alpha value is -1.81. The standard InChI is InChI=1S/C19H31N3O/c1-4-5-10-15-22(3)19(20-2)21-14-9-11-16-23-17-18-12-7-6-8-13-18/h4,6-8,12-13H,1,5,9-11,14-17H2,2-3H3,(H,20,21). The molecule has 0 radical (unpaired) electrons. The first-order chi connectivity index (χ1) is 11.3. The molecule has 1 aromatic rings. The van der Waals surface area contributed by atoms with Crippen molar-refractivity contribution in [2.45, 2.75) is 32.3 Å². The van der Waals surface area contributed by atoms with Crippen molar-refractivity contribution in [3.63, 3.8) is 0 Å². The van der Waals surface area contributed by atoms with Gasteiger partial charge in [-0.2, -0.15) is 0 Å². The number of hydrogen-bond donors (Lipinski definition) is 1. The second kappa shape index (κ2) is 12.7. The van der Waals surface area contributed by atoms with Crippen molar-refractivity contribution in [3.05, 3.63) is 48.6 Å². The molecular weight excluding hydrogens is 286 g/mol. The molecule has 0 saturated heterocycles. The highest BCUT2D eigenvalue weighted by atomic mass is 16.5. The van der Waals surface area contributed by atoms with Crippen molar-refractivity contribution < 1.29 is 4.74 Å². The van der Waals surface area contributed by atoms with E-state index in [1.807, 2.05) is 31.3 Å². The first-order valence-electron chi connectivity index (χ1n) is 8.42. The van der Waals surface area contributed by atoms with Crippen LogP contribution in [0.15, 0.2) is 48.0 Å². The smallest absolute Gasteiger partial charge is 0.193 e. The summed E-state index contributed by atoms with van der Waals surface area (Å²) in [6, 6.07) is 10.3. The minimum Gasteiger partial charge on any atom is -0.377 e. The third-order valence-corrected chi connectivity index (χ3v) is 3.59. The summed E-state index contributed by atoms with van der Waals surface area (Å²) >= 11 is 0. The van der Waals surface area contributed by atoms with Gasteiger partial charge in [0.25, 0.3) is 0 Å². The molecule has 1 N–H and O–H groups in total. The van der Waals surface area contributed by atoms with E-state index in [2.05, 4.69) is 41.0 Å². The summed E-state index contributed by atoms with van der Waals surface area (Å²) in [4.78, 5) is 6.48. The van der Waals surface area contributed by atoms with Gasteiger partial charge in [0.15, 0.2) is 5.96 Å². The van der Waals surface area contributed by atoms with Crippen LogP contribution in [0.2, 0.25) is 0 Å². The highest BCUT2D eigenvalue weighted by Crippen LogP contribution is 2.01. The molecule has 0 unspecified atom stereocenters. The van der Waals surface area contributed by atoms with E-state index in [1.54, 1.807) is 0 Å². The number of aliphatic imine (C=N–C) groups is 1. The van der Waals surface area contributed by atoms with Crippen molar-refractivity contribution in [1.82, 2.24) is 10.2 Å². The summed E-state index contributed by atoms with van der Waals surface area (Å²) in [6.07, 6.45) is 6.24. The number of guanidine groups is 1. The van der Waals surface area contributed by atoms with Gasteiger partial charge in [-0.1, -0.05) is 36.4 Å². The average Bonchev–Trinajstić information content (AvgIpc) is 2.58. The number of ether oxygens (including phenoxy) is 1. The number of nitrogens with one attached hydrogen (secondary N) is 1. The Balaban J connectivity index is 2.05. The topological polar surface area (TPSA) is 36.9 Å². The summed E-state index contributed by atoms with van der Waals surface area (Å²) in [5, 5.41) is 3.40. The lowest BCUT2D eigenvalue weighted by Crippen LogP contribution is -2.39. The van der Waals surface area contributed by atoms with Gasteiger partial charge in [0.1, 0.15) is 0 Å². The van der Waals surface area contributed by atoms with Crippen molar-refractivity contribution in [2.24, 2.45) is 4.99 Å². The number of allylic oxidation sites excluding steroid dienone is 1. The summed E-state index contributed by atoms with van der Waals surface area (Å²) < 4.78 is 5.69. The maximum Gasteiger partial charge on any atom is 0.193 e. The Labute approximate surface area is 141 Å². The van der Waals surface area contributed by atoms with E-state index in [1.165, 1.54) is 5.56 Å². The molecule has 0 spiro atoms. The Morgan fingerprint density at radius 2 is 2.04 bits per heavy atom. The monoisotopic (exact) mass is 317 g/mol. The predicted octanol–water partition coefficient (Wildman–Crippen LogP) is 3.46. The van der Waals surface area contributed by atoms with Crippen LogP contribution in [0, 0.1) is 0 Å². The van der Waals surface area contributed by atoms with Gasteiger partial charge in [-0.05, 0) is 31.2 Å². The fourth-order valence-corrected chi connectivity index (χ4v) is 2.26. The first kappa shape index (κ1) is 19.2. The maximum atomic E-state index is 5.69. The predicted molar refractivity (Wildman–Crippen MR) is 98.8 cm³/mol. The van der Waals surface area contributed by atoms with Gasteiger partial charge in [-0.15, -0.1) is 6.58 Å². The fraction of sp³-hybridized carbons (Fsp3) is 0.526. The van der Waals surface area contributed by atoms with Gasteiger partial charge in [-0.25, -0.2) is 0 Å². The summed E-state index contributed by atoms with van der Waals surface area (Å²) in [6.45, 7) is 7.16. The van der Waals surface area contributed by atoms with Crippen LogP contribution in [-0.4, -0.2) is 44.7 Å². The molecule has 0 saturated carbocycles. The minimum atomic E-state index is 0.696. The van der Waals surface area contributed by atoms with Crippen LogP contribution in [0.1, 0.15) is 31.2 Å². The summed E-state index contributed by atoms with van der Waals surface area (Å²) in [7, 11) is 3.90. The molecular formula is C19H31N3O. The van der Waals surface area contributed by atoms with Crippen LogP contribution in [0.25, 0.3) is 0 Å². The first-order valence-corrected chi connectivity index (χ1v) is 8.42. The number of unbranched alkanes of at least 4 members (excludes halogenated alkanes) is 2. The van der Waals surface area contributed by atoms with Gasteiger partial charge >= 0.3 is 0 Å². The Morgan fingerprint density at radius 3 is 2.74 bits per heavy atom. The van der Waals surface area contributed by atoms with Gasteiger partial charge < -0.3 is 15.0 Å². The Bertz CT molecular complexity index is 445. The summed E-state index contributed by atoms with van der Waals surface area (Å²) in [5.74, 6) is 0.958. The van der Waals surface area contributed by atoms with Crippen LogP contribution in [-0.2, 0) is 11.3 Å². The molecule has 1 rings (SSSR count). The largest absolute Gasteiger partial charge is 0.377 e. The quantitative estimate of drug-likeness (QED) is 0.294. The summed E-state index contributed by atoms with van der Waals surface area (Å²) in [5.41, 5.74) is 1.23. The van der Waals surface area contributed by atoms with Gasteiger partial charge in [0, 0.05) is 33.8 Å². The highest BCUT2D eigenvalue weighted by Gasteiger charge is 2.03. The van der Waals surface area contributed by atoms with E-state index in [0.29, 0.717) is 6.61 Å². The van der Waals surface area contributed by atoms with Crippen molar-refractivity contribution in [2.75, 3.05) is 33.8 Å². The Kier molecular flexibility index (Phi) is 10.6. The van der Waals surface area contributed by atoms with Crippen molar-refractivity contribution >= 4 is 5.96 Å². The van der Waals surface area contributed by atoms with E-state index in [9.17, 15) is 0 Å². The lowest BCUT2D eigenvalue weighted by Gasteiger charge is -2.21. The molecule has 0 bridgehead atoms. The van der Waals surface area contributed by atoms with Gasteiger partial charge in [0.2, 0.25) is 0 Å². The molecule has 0 aliphatic heterocycles. The molecule has 0 amide bonds. The Morgan fingerprint density at radius 1 is 1.26 bits per heavy atom. The molecule has 0 atom stereocenters. The molecule has 0 aliphatic carbocycles. The van der Waals surface area contributed by atoms with Gasteiger partial charge in [-0.3, -0.25) is 4.99 Å². The highest BCUT2D eigenvalue weighted by molar-refractivity contribution is 5.79.